The summed E-state index contributed by atoms with van der Waals surface area (Å²) < 4.78 is 0. The number of likely N-dealkylation sites (tertiary alicyclic amines) is 1. The Morgan fingerprint density at radius 3 is 2.76 bits per heavy atom. The summed E-state index contributed by atoms with van der Waals surface area (Å²) in [5, 5.41) is 10.8. The van der Waals surface area contributed by atoms with E-state index in [1.54, 1.807) is 0 Å². The third-order valence-corrected chi connectivity index (χ3v) is 5.24. The van der Waals surface area contributed by atoms with Gasteiger partial charge in [-0.1, -0.05) is 23.7 Å². The number of aromatic nitrogens is 3. The molecule has 2 aliphatic rings. The number of amides is 2. The molecule has 132 valence electrons. The summed E-state index contributed by atoms with van der Waals surface area (Å²) in [4.78, 5) is 18.7. The van der Waals surface area contributed by atoms with Gasteiger partial charge in [-0.25, -0.2) is 9.78 Å². The highest BCUT2D eigenvalue weighted by Crippen LogP contribution is 2.37. The van der Waals surface area contributed by atoms with Crippen molar-refractivity contribution < 1.29 is 4.79 Å². The molecule has 1 saturated carbocycles. The summed E-state index contributed by atoms with van der Waals surface area (Å²) in [6, 6.07) is 8.00. The number of H-pyrrole nitrogens is 1. The van der Waals surface area contributed by atoms with Crippen LogP contribution in [0.15, 0.2) is 24.3 Å². The van der Waals surface area contributed by atoms with Crippen LogP contribution < -0.4 is 5.32 Å². The van der Waals surface area contributed by atoms with E-state index >= 15 is 0 Å². The van der Waals surface area contributed by atoms with Gasteiger partial charge in [-0.3, -0.25) is 5.10 Å². The number of rotatable bonds is 4. The van der Waals surface area contributed by atoms with Crippen molar-refractivity contribution in [2.45, 2.75) is 44.1 Å². The number of urea groups is 1. The van der Waals surface area contributed by atoms with E-state index in [0.29, 0.717) is 18.4 Å². The molecule has 2 N–H and O–H groups in total. The van der Waals surface area contributed by atoms with Crippen molar-refractivity contribution in [3.05, 3.63) is 46.5 Å². The van der Waals surface area contributed by atoms with Gasteiger partial charge in [-0.15, -0.1) is 0 Å². The zero-order valence-corrected chi connectivity index (χ0v) is 14.8. The van der Waals surface area contributed by atoms with Gasteiger partial charge in [-0.05, 0) is 49.3 Å². The van der Waals surface area contributed by atoms with E-state index in [9.17, 15) is 4.79 Å². The van der Waals surface area contributed by atoms with Crippen LogP contribution in [0.4, 0.5) is 4.79 Å². The first-order valence-electron chi connectivity index (χ1n) is 8.88. The zero-order valence-electron chi connectivity index (χ0n) is 14.0. The molecule has 1 aliphatic heterocycles. The summed E-state index contributed by atoms with van der Waals surface area (Å²) in [5.41, 5.74) is 1.27. The van der Waals surface area contributed by atoms with Crippen molar-refractivity contribution in [2.75, 3.05) is 13.1 Å². The van der Waals surface area contributed by atoms with Crippen LogP contribution in [0.5, 0.6) is 0 Å². The van der Waals surface area contributed by atoms with Crippen LogP contribution in [0.2, 0.25) is 5.02 Å². The third kappa shape index (κ3) is 3.95. The monoisotopic (exact) mass is 359 g/mol. The molecule has 2 heterocycles. The SMILES string of the molecule is O=C(NCc1nc(C2CC2)n[nH]1)N1CCC(c2cccc(Cl)c2)CC1. The van der Waals surface area contributed by atoms with Gasteiger partial charge in [0.15, 0.2) is 5.82 Å². The Kier molecular flexibility index (Phi) is 4.61. The van der Waals surface area contributed by atoms with E-state index < -0.39 is 0 Å². The fourth-order valence-electron chi connectivity index (χ4n) is 3.36. The van der Waals surface area contributed by atoms with Gasteiger partial charge in [0.1, 0.15) is 5.82 Å². The smallest absolute Gasteiger partial charge is 0.317 e. The Balaban J connectivity index is 1.26. The molecule has 0 unspecified atom stereocenters. The first kappa shape index (κ1) is 16.4. The molecule has 4 rings (SSSR count). The number of nitrogens with one attached hydrogen (secondary N) is 2. The average Bonchev–Trinajstić information content (AvgIpc) is 3.38. The standard InChI is InChI=1S/C18H22ClN5O/c19-15-3-1-2-14(10-15)12-6-8-24(9-7-12)18(25)20-11-16-21-17(23-22-16)13-4-5-13/h1-3,10,12-13H,4-9,11H2,(H,20,25)(H,21,22,23). The minimum atomic E-state index is -0.0334. The Labute approximate surface area is 152 Å². The highest BCUT2D eigenvalue weighted by molar-refractivity contribution is 6.30. The van der Waals surface area contributed by atoms with E-state index in [1.807, 2.05) is 23.1 Å². The lowest BCUT2D eigenvalue weighted by Crippen LogP contribution is -2.43. The van der Waals surface area contributed by atoms with Crippen LogP contribution in [-0.4, -0.2) is 39.2 Å². The maximum atomic E-state index is 12.4. The minimum Gasteiger partial charge on any atom is -0.331 e. The largest absolute Gasteiger partial charge is 0.331 e. The molecule has 1 aliphatic carbocycles. The molecular weight excluding hydrogens is 338 g/mol. The second-order valence-electron chi connectivity index (χ2n) is 6.89. The molecule has 0 radical (unpaired) electrons. The van der Waals surface area contributed by atoms with E-state index in [2.05, 4.69) is 26.6 Å². The molecule has 1 aromatic carbocycles. The van der Waals surface area contributed by atoms with E-state index in [1.165, 1.54) is 18.4 Å². The molecule has 1 aromatic heterocycles. The van der Waals surface area contributed by atoms with Crippen LogP contribution in [0.1, 0.15) is 54.7 Å². The number of aromatic amines is 1. The molecule has 0 bridgehead atoms. The van der Waals surface area contributed by atoms with E-state index in [-0.39, 0.29) is 6.03 Å². The van der Waals surface area contributed by atoms with Crippen LogP contribution >= 0.6 is 11.6 Å². The predicted octanol–water partition coefficient (Wildman–Crippen LogP) is 3.42. The molecule has 2 aromatic rings. The second kappa shape index (κ2) is 7.04. The van der Waals surface area contributed by atoms with Gasteiger partial charge in [-0.2, -0.15) is 5.10 Å². The first-order valence-corrected chi connectivity index (χ1v) is 9.26. The average molecular weight is 360 g/mol. The molecule has 7 heteroatoms. The minimum absolute atomic E-state index is 0.0334. The molecule has 0 atom stereocenters. The molecule has 1 saturated heterocycles. The van der Waals surface area contributed by atoms with Gasteiger partial charge >= 0.3 is 6.03 Å². The summed E-state index contributed by atoms with van der Waals surface area (Å²) >= 11 is 6.08. The quantitative estimate of drug-likeness (QED) is 0.878. The fraction of sp³-hybridized carbons (Fsp3) is 0.500. The second-order valence-corrected chi connectivity index (χ2v) is 7.33. The van der Waals surface area contributed by atoms with Gasteiger partial charge in [0.25, 0.3) is 0 Å². The topological polar surface area (TPSA) is 73.9 Å². The van der Waals surface area contributed by atoms with Gasteiger partial charge in [0, 0.05) is 24.0 Å². The lowest BCUT2D eigenvalue weighted by atomic mass is 9.89. The van der Waals surface area contributed by atoms with Gasteiger partial charge < -0.3 is 10.2 Å². The van der Waals surface area contributed by atoms with Crippen LogP contribution in [0.25, 0.3) is 0 Å². The number of hydrogen-bond donors (Lipinski definition) is 2. The zero-order chi connectivity index (χ0) is 17.2. The first-order chi connectivity index (χ1) is 12.2. The molecule has 2 amide bonds. The van der Waals surface area contributed by atoms with Crippen molar-refractivity contribution in [2.24, 2.45) is 0 Å². The van der Waals surface area contributed by atoms with Gasteiger partial charge in [0.2, 0.25) is 0 Å². The van der Waals surface area contributed by atoms with Crippen molar-refractivity contribution in [1.82, 2.24) is 25.4 Å². The van der Waals surface area contributed by atoms with Crippen molar-refractivity contribution in [3.8, 4) is 0 Å². The number of benzene rings is 1. The van der Waals surface area contributed by atoms with Crippen molar-refractivity contribution >= 4 is 17.6 Å². The number of carbonyl (C=O) groups is 1. The number of halogens is 1. The number of nitrogens with zero attached hydrogens (tertiary/aromatic N) is 3. The summed E-state index contributed by atoms with van der Waals surface area (Å²) in [6.07, 6.45) is 4.26. The van der Waals surface area contributed by atoms with Crippen LogP contribution in [0.3, 0.4) is 0 Å². The molecule has 25 heavy (non-hydrogen) atoms. The predicted molar refractivity (Wildman–Crippen MR) is 95.6 cm³/mol. The van der Waals surface area contributed by atoms with E-state index in [0.717, 1.165) is 42.6 Å². The number of piperidine rings is 1. The third-order valence-electron chi connectivity index (χ3n) is 5.00. The summed E-state index contributed by atoms with van der Waals surface area (Å²) in [5.74, 6) is 2.60. The van der Waals surface area contributed by atoms with Crippen LogP contribution in [0, 0.1) is 0 Å². The normalized spacial score (nSPS) is 18.4. The van der Waals surface area contributed by atoms with E-state index in [4.69, 9.17) is 11.6 Å². The Bertz CT molecular complexity index is 749. The number of carbonyl (C=O) groups excluding carboxylic acids is 1. The maximum absolute atomic E-state index is 12.4. The highest BCUT2D eigenvalue weighted by atomic mass is 35.5. The summed E-state index contributed by atoms with van der Waals surface area (Å²) in [6.45, 7) is 1.91. The van der Waals surface area contributed by atoms with Crippen molar-refractivity contribution in [1.29, 1.82) is 0 Å². The Hall–Kier alpha value is -2.08. The molecular formula is C18H22ClN5O. The Morgan fingerprint density at radius 2 is 2.04 bits per heavy atom. The summed E-state index contributed by atoms with van der Waals surface area (Å²) in [7, 11) is 0. The van der Waals surface area contributed by atoms with Crippen molar-refractivity contribution in [3.63, 3.8) is 0 Å². The molecule has 2 fully saturated rings. The van der Waals surface area contributed by atoms with Crippen LogP contribution in [-0.2, 0) is 6.54 Å². The van der Waals surface area contributed by atoms with Gasteiger partial charge in [0.05, 0.1) is 6.54 Å². The lowest BCUT2D eigenvalue weighted by molar-refractivity contribution is 0.180. The lowest BCUT2D eigenvalue weighted by Gasteiger charge is -2.32. The highest BCUT2D eigenvalue weighted by Gasteiger charge is 2.28. The maximum Gasteiger partial charge on any atom is 0.317 e. The molecule has 6 nitrogen and oxygen atoms in total. The fourth-order valence-corrected chi connectivity index (χ4v) is 3.56. The molecule has 0 spiro atoms. The Morgan fingerprint density at radius 1 is 1.24 bits per heavy atom. The number of hydrogen-bond acceptors (Lipinski definition) is 3.